The van der Waals surface area contributed by atoms with Crippen molar-refractivity contribution >= 4 is 5.69 Å². The lowest BCUT2D eigenvalue weighted by Crippen LogP contribution is -2.29. The maximum absolute atomic E-state index is 3.65. The Morgan fingerprint density at radius 1 is 1.00 bits per heavy atom. The van der Waals surface area contributed by atoms with E-state index in [1.165, 1.54) is 50.6 Å². The highest BCUT2D eigenvalue weighted by molar-refractivity contribution is 5.44. The summed E-state index contributed by atoms with van der Waals surface area (Å²) >= 11 is 0. The van der Waals surface area contributed by atoms with Crippen LogP contribution in [0, 0.1) is 0 Å². The Bertz CT molecular complexity index is 337. The summed E-state index contributed by atoms with van der Waals surface area (Å²) in [6.45, 7) is 6.82. The van der Waals surface area contributed by atoms with Crippen molar-refractivity contribution in [2.24, 2.45) is 0 Å². The van der Waals surface area contributed by atoms with E-state index in [0.717, 1.165) is 13.1 Å². The molecule has 21 heavy (non-hydrogen) atoms. The van der Waals surface area contributed by atoms with Crippen molar-refractivity contribution < 1.29 is 0 Å². The molecule has 0 radical (unpaired) electrons. The van der Waals surface area contributed by atoms with Gasteiger partial charge in [-0.15, -0.1) is 0 Å². The number of unbranched alkanes of at least 4 members (excludes halogenated alkanes) is 4. The number of rotatable bonds is 12. The highest BCUT2D eigenvalue weighted by Crippen LogP contribution is 2.11. The second-order valence-corrected chi connectivity index (χ2v) is 6.17. The molecule has 2 nitrogen and oxygen atoms in total. The molecule has 0 fully saturated rings. The molecule has 1 rings (SSSR count). The summed E-state index contributed by atoms with van der Waals surface area (Å²) in [5, 5.41) is 3.65. The van der Waals surface area contributed by atoms with Crippen LogP contribution in [0.2, 0.25) is 0 Å². The Morgan fingerprint density at radius 2 is 1.71 bits per heavy atom. The van der Waals surface area contributed by atoms with Crippen LogP contribution in [0.3, 0.4) is 0 Å². The van der Waals surface area contributed by atoms with E-state index < -0.39 is 0 Å². The fourth-order valence-corrected chi connectivity index (χ4v) is 2.63. The highest BCUT2D eigenvalue weighted by Gasteiger charge is 2.02. The zero-order chi connectivity index (χ0) is 15.3. The van der Waals surface area contributed by atoms with Crippen molar-refractivity contribution in [1.82, 2.24) is 5.32 Å². The molecule has 0 aliphatic heterocycles. The SMILES string of the molecule is CCCCCCCC(C)NCCCN(C)c1ccccc1. The second-order valence-electron chi connectivity index (χ2n) is 6.17. The van der Waals surface area contributed by atoms with Gasteiger partial charge >= 0.3 is 0 Å². The summed E-state index contributed by atoms with van der Waals surface area (Å²) in [7, 11) is 2.17. The average Bonchev–Trinajstić information content (AvgIpc) is 2.52. The van der Waals surface area contributed by atoms with Crippen LogP contribution in [0.15, 0.2) is 30.3 Å². The minimum absolute atomic E-state index is 0.661. The molecule has 0 saturated carbocycles. The molecule has 2 heteroatoms. The lowest BCUT2D eigenvalue weighted by Gasteiger charge is -2.20. The Labute approximate surface area is 131 Å². The van der Waals surface area contributed by atoms with E-state index in [4.69, 9.17) is 0 Å². The van der Waals surface area contributed by atoms with E-state index in [2.05, 4.69) is 61.4 Å². The fraction of sp³-hybridized carbons (Fsp3) is 0.684. The van der Waals surface area contributed by atoms with Gasteiger partial charge in [-0.2, -0.15) is 0 Å². The predicted molar refractivity (Wildman–Crippen MR) is 95.2 cm³/mol. The summed E-state index contributed by atoms with van der Waals surface area (Å²) in [5.74, 6) is 0. The van der Waals surface area contributed by atoms with Gasteiger partial charge in [0.05, 0.1) is 0 Å². The zero-order valence-corrected chi connectivity index (χ0v) is 14.3. The van der Waals surface area contributed by atoms with Crippen LogP contribution < -0.4 is 10.2 Å². The van der Waals surface area contributed by atoms with Crippen LogP contribution in [0.4, 0.5) is 5.69 Å². The van der Waals surface area contributed by atoms with Crippen LogP contribution in [-0.2, 0) is 0 Å². The van der Waals surface area contributed by atoms with Crippen molar-refractivity contribution in [1.29, 1.82) is 0 Å². The maximum Gasteiger partial charge on any atom is 0.0363 e. The van der Waals surface area contributed by atoms with Crippen LogP contribution in [-0.4, -0.2) is 26.2 Å². The lowest BCUT2D eigenvalue weighted by atomic mass is 10.1. The first kappa shape index (κ1) is 18.0. The Balaban J connectivity index is 2.00. The van der Waals surface area contributed by atoms with Gasteiger partial charge in [0.1, 0.15) is 0 Å². The van der Waals surface area contributed by atoms with E-state index >= 15 is 0 Å². The molecule has 0 heterocycles. The quantitative estimate of drug-likeness (QED) is 0.553. The van der Waals surface area contributed by atoms with Crippen LogP contribution >= 0.6 is 0 Å². The molecular weight excluding hydrogens is 256 g/mol. The van der Waals surface area contributed by atoms with Gasteiger partial charge in [-0.25, -0.2) is 0 Å². The monoisotopic (exact) mass is 290 g/mol. The summed E-state index contributed by atoms with van der Waals surface area (Å²) in [6, 6.07) is 11.3. The van der Waals surface area contributed by atoms with Crippen molar-refractivity contribution in [3.05, 3.63) is 30.3 Å². The molecule has 0 spiro atoms. The Morgan fingerprint density at radius 3 is 2.43 bits per heavy atom. The van der Waals surface area contributed by atoms with Crippen LogP contribution in [0.5, 0.6) is 0 Å². The number of benzene rings is 1. The third-order valence-electron chi connectivity index (χ3n) is 4.10. The third-order valence-corrected chi connectivity index (χ3v) is 4.10. The Hall–Kier alpha value is -1.02. The highest BCUT2D eigenvalue weighted by atomic mass is 15.1. The number of para-hydroxylation sites is 1. The van der Waals surface area contributed by atoms with Gasteiger partial charge in [0.2, 0.25) is 0 Å². The molecule has 0 amide bonds. The molecule has 0 bridgehead atoms. The largest absolute Gasteiger partial charge is 0.375 e. The maximum atomic E-state index is 3.65. The standard InChI is InChI=1S/C19H34N2/c1-4-5-6-7-9-13-18(2)20-16-12-17-21(3)19-14-10-8-11-15-19/h8,10-11,14-15,18,20H,4-7,9,12-13,16-17H2,1-3H3. The molecule has 0 aromatic heterocycles. The first-order chi connectivity index (χ1) is 10.2. The van der Waals surface area contributed by atoms with Gasteiger partial charge in [0.25, 0.3) is 0 Å². The first-order valence-electron chi connectivity index (χ1n) is 8.73. The zero-order valence-electron chi connectivity index (χ0n) is 14.3. The van der Waals surface area contributed by atoms with E-state index in [0.29, 0.717) is 6.04 Å². The number of nitrogens with one attached hydrogen (secondary N) is 1. The molecule has 0 saturated heterocycles. The van der Waals surface area contributed by atoms with Crippen LogP contribution in [0.1, 0.15) is 58.8 Å². The molecular formula is C19H34N2. The lowest BCUT2D eigenvalue weighted by molar-refractivity contribution is 0.476. The van der Waals surface area contributed by atoms with E-state index in [9.17, 15) is 0 Å². The Kier molecular flexibility index (Phi) is 9.98. The third kappa shape index (κ3) is 8.77. The summed E-state index contributed by atoms with van der Waals surface area (Å²) in [6.07, 6.45) is 9.43. The average molecular weight is 290 g/mol. The van der Waals surface area contributed by atoms with E-state index in [-0.39, 0.29) is 0 Å². The van der Waals surface area contributed by atoms with Gasteiger partial charge < -0.3 is 10.2 Å². The topological polar surface area (TPSA) is 15.3 Å². The summed E-state index contributed by atoms with van der Waals surface area (Å²) in [5.41, 5.74) is 1.31. The van der Waals surface area contributed by atoms with E-state index in [1.54, 1.807) is 0 Å². The van der Waals surface area contributed by atoms with E-state index in [1.807, 2.05) is 0 Å². The van der Waals surface area contributed by atoms with Gasteiger partial charge in [-0.05, 0) is 38.4 Å². The normalized spacial score (nSPS) is 12.3. The predicted octanol–water partition coefficient (Wildman–Crippen LogP) is 4.85. The molecule has 120 valence electrons. The molecule has 1 aromatic carbocycles. The number of hydrogen-bond acceptors (Lipinski definition) is 2. The van der Waals surface area contributed by atoms with Crippen molar-refractivity contribution in [2.75, 3.05) is 25.0 Å². The van der Waals surface area contributed by atoms with Crippen molar-refractivity contribution in [3.63, 3.8) is 0 Å². The number of anilines is 1. The van der Waals surface area contributed by atoms with Crippen molar-refractivity contribution in [3.8, 4) is 0 Å². The summed E-state index contributed by atoms with van der Waals surface area (Å²) in [4.78, 5) is 2.33. The van der Waals surface area contributed by atoms with Crippen LogP contribution in [0.25, 0.3) is 0 Å². The minimum Gasteiger partial charge on any atom is -0.375 e. The molecule has 1 atom stereocenters. The summed E-state index contributed by atoms with van der Waals surface area (Å²) < 4.78 is 0. The first-order valence-corrected chi connectivity index (χ1v) is 8.73. The number of hydrogen-bond donors (Lipinski definition) is 1. The second kappa shape index (κ2) is 11.6. The van der Waals surface area contributed by atoms with Crippen molar-refractivity contribution in [2.45, 2.75) is 64.8 Å². The van der Waals surface area contributed by atoms with Gasteiger partial charge in [-0.1, -0.05) is 57.2 Å². The molecule has 0 aliphatic carbocycles. The van der Waals surface area contributed by atoms with Gasteiger partial charge in [-0.3, -0.25) is 0 Å². The fourth-order valence-electron chi connectivity index (χ4n) is 2.63. The smallest absolute Gasteiger partial charge is 0.0363 e. The molecule has 0 aliphatic rings. The molecule has 1 N–H and O–H groups in total. The minimum atomic E-state index is 0.661. The molecule has 1 aromatic rings. The molecule has 1 unspecified atom stereocenters. The van der Waals surface area contributed by atoms with Gasteiger partial charge in [0, 0.05) is 25.3 Å². The van der Waals surface area contributed by atoms with Gasteiger partial charge in [0.15, 0.2) is 0 Å². The number of nitrogens with zero attached hydrogens (tertiary/aromatic N) is 1.